The van der Waals surface area contributed by atoms with Gasteiger partial charge in [0.05, 0.1) is 25.5 Å². The first-order chi connectivity index (χ1) is 9.03. The lowest BCUT2D eigenvalue weighted by atomic mass is 10.4. The molecule has 19 heavy (non-hydrogen) atoms. The second-order valence-electron chi connectivity index (χ2n) is 3.88. The van der Waals surface area contributed by atoms with Crippen molar-refractivity contribution in [2.45, 2.75) is 19.3 Å². The Kier molecular flexibility index (Phi) is 6.82. The second kappa shape index (κ2) is 8.13. The Morgan fingerprint density at radius 3 is 2.84 bits per heavy atom. The van der Waals surface area contributed by atoms with Gasteiger partial charge in [-0.1, -0.05) is 0 Å². The van der Waals surface area contributed by atoms with E-state index in [1.54, 1.807) is 18.0 Å². The van der Waals surface area contributed by atoms with E-state index in [0.717, 1.165) is 5.69 Å². The monoisotopic (exact) mass is 281 g/mol. The molecule has 0 aromatic carbocycles. The molecule has 0 unspecified atom stereocenters. The van der Waals surface area contributed by atoms with Crippen LogP contribution in [-0.4, -0.2) is 49.4 Å². The van der Waals surface area contributed by atoms with Crippen LogP contribution in [0.1, 0.15) is 5.69 Å². The van der Waals surface area contributed by atoms with Crippen molar-refractivity contribution in [1.82, 2.24) is 15.1 Å². The largest absolute Gasteiger partial charge is 0.411 e. The van der Waals surface area contributed by atoms with Crippen molar-refractivity contribution in [3.8, 4) is 0 Å². The molecule has 0 spiro atoms. The Morgan fingerprint density at radius 1 is 1.37 bits per heavy atom. The van der Waals surface area contributed by atoms with Gasteiger partial charge in [-0.05, 0) is 6.07 Å². The highest BCUT2D eigenvalue weighted by molar-refractivity contribution is 4.99. The molecule has 1 aromatic rings. The van der Waals surface area contributed by atoms with Gasteiger partial charge in [0.2, 0.25) is 0 Å². The van der Waals surface area contributed by atoms with Crippen LogP contribution in [-0.2, 0) is 22.6 Å². The van der Waals surface area contributed by atoms with Crippen LogP contribution in [0.4, 0.5) is 13.2 Å². The zero-order valence-corrected chi connectivity index (χ0v) is 10.7. The zero-order chi connectivity index (χ0) is 14.1. The number of halogens is 3. The van der Waals surface area contributed by atoms with Crippen LogP contribution in [0.25, 0.3) is 0 Å². The minimum atomic E-state index is -4.28. The van der Waals surface area contributed by atoms with E-state index >= 15 is 0 Å². The Hall–Kier alpha value is -1.12. The number of methoxy groups -OCH3 is 1. The number of aromatic nitrogens is 2. The van der Waals surface area contributed by atoms with E-state index in [-0.39, 0.29) is 6.61 Å². The van der Waals surface area contributed by atoms with E-state index in [1.807, 2.05) is 6.07 Å². The van der Waals surface area contributed by atoms with Crippen molar-refractivity contribution in [2.24, 2.45) is 0 Å². The highest BCUT2D eigenvalue weighted by atomic mass is 19.4. The first kappa shape index (κ1) is 15.9. The molecular weight excluding hydrogens is 263 g/mol. The molecule has 1 aromatic heterocycles. The summed E-state index contributed by atoms with van der Waals surface area (Å²) in [4.78, 5) is 0. The Bertz CT molecular complexity index is 355. The fourth-order valence-electron chi connectivity index (χ4n) is 1.44. The standard InChI is InChI=1S/C11H18F3N3O2/c1-18-6-4-15-8-10-2-3-16-17(10)5-7-19-9-11(12,13)14/h2-3,15H,4-9H2,1H3. The fourth-order valence-corrected chi connectivity index (χ4v) is 1.44. The van der Waals surface area contributed by atoms with Crippen molar-refractivity contribution in [3.05, 3.63) is 18.0 Å². The lowest BCUT2D eigenvalue weighted by molar-refractivity contribution is -0.174. The van der Waals surface area contributed by atoms with Gasteiger partial charge < -0.3 is 14.8 Å². The normalized spacial score (nSPS) is 12.0. The lowest BCUT2D eigenvalue weighted by Crippen LogP contribution is -2.22. The van der Waals surface area contributed by atoms with E-state index in [4.69, 9.17) is 4.74 Å². The van der Waals surface area contributed by atoms with Gasteiger partial charge in [-0.25, -0.2) is 0 Å². The highest BCUT2D eigenvalue weighted by Gasteiger charge is 2.27. The van der Waals surface area contributed by atoms with Gasteiger partial charge in [-0.3, -0.25) is 4.68 Å². The smallest absolute Gasteiger partial charge is 0.383 e. The van der Waals surface area contributed by atoms with Crippen LogP contribution in [0.15, 0.2) is 12.3 Å². The summed E-state index contributed by atoms with van der Waals surface area (Å²) < 4.78 is 46.7. The molecule has 1 rings (SSSR count). The molecule has 0 saturated heterocycles. The Balaban J connectivity index is 2.24. The van der Waals surface area contributed by atoms with E-state index < -0.39 is 12.8 Å². The van der Waals surface area contributed by atoms with Gasteiger partial charge >= 0.3 is 6.18 Å². The Morgan fingerprint density at radius 2 is 2.16 bits per heavy atom. The molecule has 0 radical (unpaired) electrons. The molecule has 5 nitrogen and oxygen atoms in total. The summed E-state index contributed by atoms with van der Waals surface area (Å²) in [6.45, 7) is 0.935. The molecule has 0 saturated carbocycles. The predicted octanol–water partition coefficient (Wildman–Crippen LogP) is 1.20. The summed E-state index contributed by atoms with van der Waals surface area (Å²) in [6, 6.07) is 1.81. The average molecular weight is 281 g/mol. The number of nitrogens with zero attached hydrogens (tertiary/aromatic N) is 2. The van der Waals surface area contributed by atoms with Crippen molar-refractivity contribution < 1.29 is 22.6 Å². The number of alkyl halides is 3. The zero-order valence-electron chi connectivity index (χ0n) is 10.7. The average Bonchev–Trinajstić information content (AvgIpc) is 2.77. The maximum Gasteiger partial charge on any atom is 0.411 e. The molecule has 0 bridgehead atoms. The number of nitrogens with one attached hydrogen (secondary N) is 1. The molecule has 1 N–H and O–H groups in total. The van der Waals surface area contributed by atoms with Crippen LogP contribution in [0.2, 0.25) is 0 Å². The number of ether oxygens (including phenoxy) is 2. The fraction of sp³-hybridized carbons (Fsp3) is 0.727. The molecule has 0 fully saturated rings. The van der Waals surface area contributed by atoms with Crippen molar-refractivity contribution >= 4 is 0 Å². The maximum atomic E-state index is 11.9. The van der Waals surface area contributed by atoms with Gasteiger partial charge in [0, 0.05) is 26.4 Å². The first-order valence-electron chi connectivity index (χ1n) is 5.88. The van der Waals surface area contributed by atoms with Crippen LogP contribution in [0, 0.1) is 0 Å². The summed E-state index contributed by atoms with van der Waals surface area (Å²) in [6.07, 6.45) is -2.67. The maximum absolute atomic E-state index is 11.9. The quantitative estimate of drug-likeness (QED) is 0.691. The molecule has 8 heteroatoms. The van der Waals surface area contributed by atoms with Crippen LogP contribution in [0.3, 0.4) is 0 Å². The van der Waals surface area contributed by atoms with E-state index in [0.29, 0.717) is 26.2 Å². The van der Waals surface area contributed by atoms with Gasteiger partial charge in [0.25, 0.3) is 0 Å². The molecular formula is C11H18F3N3O2. The van der Waals surface area contributed by atoms with E-state index in [2.05, 4.69) is 15.2 Å². The topological polar surface area (TPSA) is 48.3 Å². The van der Waals surface area contributed by atoms with Crippen LogP contribution < -0.4 is 5.32 Å². The van der Waals surface area contributed by atoms with Gasteiger partial charge in [-0.15, -0.1) is 0 Å². The minimum absolute atomic E-state index is 0.0216. The summed E-state index contributed by atoms with van der Waals surface area (Å²) in [5.74, 6) is 0. The van der Waals surface area contributed by atoms with Gasteiger partial charge in [-0.2, -0.15) is 18.3 Å². The number of hydrogen-bond acceptors (Lipinski definition) is 4. The van der Waals surface area contributed by atoms with Crippen LogP contribution >= 0.6 is 0 Å². The molecule has 0 atom stereocenters. The number of hydrogen-bond donors (Lipinski definition) is 1. The summed E-state index contributed by atoms with van der Waals surface area (Å²) in [5.41, 5.74) is 0.895. The SMILES string of the molecule is COCCNCc1ccnn1CCOCC(F)(F)F. The Labute approximate surface area is 109 Å². The molecule has 0 aliphatic rings. The van der Waals surface area contributed by atoms with Gasteiger partial charge in [0.15, 0.2) is 0 Å². The lowest BCUT2D eigenvalue weighted by Gasteiger charge is -2.10. The third-order valence-corrected chi connectivity index (χ3v) is 2.31. The van der Waals surface area contributed by atoms with Crippen molar-refractivity contribution in [1.29, 1.82) is 0 Å². The van der Waals surface area contributed by atoms with Crippen molar-refractivity contribution in [2.75, 3.05) is 33.5 Å². The minimum Gasteiger partial charge on any atom is -0.383 e. The number of rotatable bonds is 9. The molecule has 0 aliphatic heterocycles. The molecule has 1 heterocycles. The summed E-state index contributed by atoms with van der Waals surface area (Å²) in [5, 5.41) is 7.17. The van der Waals surface area contributed by atoms with E-state index in [9.17, 15) is 13.2 Å². The highest BCUT2D eigenvalue weighted by Crippen LogP contribution is 2.14. The van der Waals surface area contributed by atoms with Gasteiger partial charge in [0.1, 0.15) is 6.61 Å². The van der Waals surface area contributed by atoms with E-state index in [1.165, 1.54) is 0 Å². The third-order valence-electron chi connectivity index (χ3n) is 2.31. The molecule has 0 amide bonds. The molecule has 110 valence electrons. The second-order valence-corrected chi connectivity index (χ2v) is 3.88. The predicted molar refractivity (Wildman–Crippen MR) is 62.7 cm³/mol. The van der Waals surface area contributed by atoms with Crippen LogP contribution in [0.5, 0.6) is 0 Å². The third kappa shape index (κ3) is 7.14. The first-order valence-corrected chi connectivity index (χ1v) is 5.88. The van der Waals surface area contributed by atoms with Crippen molar-refractivity contribution in [3.63, 3.8) is 0 Å². The summed E-state index contributed by atoms with van der Waals surface area (Å²) in [7, 11) is 1.62. The summed E-state index contributed by atoms with van der Waals surface area (Å²) >= 11 is 0. The molecule has 0 aliphatic carbocycles.